The van der Waals surface area contributed by atoms with E-state index in [-0.39, 0.29) is 0 Å². The van der Waals surface area contributed by atoms with Crippen molar-refractivity contribution in [3.05, 3.63) is 17.2 Å². The lowest BCUT2D eigenvalue weighted by atomic mass is 9.99. The molecule has 1 aliphatic heterocycles. The van der Waals surface area contributed by atoms with E-state index < -0.39 is 0 Å². The molecule has 3 heteroatoms. The summed E-state index contributed by atoms with van der Waals surface area (Å²) in [7, 11) is 0. The van der Waals surface area contributed by atoms with Crippen LogP contribution < -0.4 is 5.32 Å². The van der Waals surface area contributed by atoms with Crippen molar-refractivity contribution in [3.8, 4) is 0 Å². The number of nitrogens with one attached hydrogen (secondary N) is 2. The summed E-state index contributed by atoms with van der Waals surface area (Å²) in [4.78, 5) is 8.33. The van der Waals surface area contributed by atoms with Gasteiger partial charge in [0.05, 0.1) is 5.69 Å². The summed E-state index contributed by atoms with van der Waals surface area (Å²) in [6, 6.07) is 0. The van der Waals surface area contributed by atoms with Gasteiger partial charge in [-0.25, -0.2) is 4.98 Å². The summed E-state index contributed by atoms with van der Waals surface area (Å²) < 4.78 is 0. The molecule has 15 heavy (non-hydrogen) atoms. The Labute approximate surface area is 90.7 Å². The van der Waals surface area contributed by atoms with E-state index in [9.17, 15) is 0 Å². The number of hydrogen-bond acceptors (Lipinski definition) is 2. The molecule has 1 atom stereocenters. The Morgan fingerprint density at radius 3 is 2.87 bits per heavy atom. The van der Waals surface area contributed by atoms with E-state index in [1.165, 1.54) is 62.3 Å². The first kappa shape index (κ1) is 9.40. The third kappa shape index (κ3) is 1.81. The van der Waals surface area contributed by atoms with Crippen molar-refractivity contribution >= 4 is 0 Å². The maximum absolute atomic E-state index is 4.78. The molecule has 2 N–H and O–H groups in total. The predicted octanol–water partition coefficient (Wildman–Crippen LogP) is 1.76. The fraction of sp³-hybridized carbons (Fsp3) is 0.750. The van der Waals surface area contributed by atoms with Gasteiger partial charge in [0.2, 0.25) is 0 Å². The van der Waals surface area contributed by atoms with E-state index in [1.807, 2.05) is 0 Å². The van der Waals surface area contributed by atoms with Crippen LogP contribution in [-0.4, -0.2) is 23.1 Å². The molecule has 0 aromatic carbocycles. The molecule has 3 rings (SSSR count). The SMILES string of the molecule is C1CCc2[nH]c([C@H]3CCCNC3)nc2C1. The van der Waals surface area contributed by atoms with Gasteiger partial charge >= 0.3 is 0 Å². The molecule has 0 unspecified atom stereocenters. The van der Waals surface area contributed by atoms with Crippen LogP contribution >= 0.6 is 0 Å². The van der Waals surface area contributed by atoms with E-state index in [4.69, 9.17) is 4.98 Å². The zero-order valence-electron chi connectivity index (χ0n) is 9.18. The van der Waals surface area contributed by atoms with E-state index in [0.29, 0.717) is 5.92 Å². The molecule has 0 amide bonds. The lowest BCUT2D eigenvalue weighted by Gasteiger charge is -2.20. The van der Waals surface area contributed by atoms with Crippen LogP contribution in [-0.2, 0) is 12.8 Å². The maximum Gasteiger partial charge on any atom is 0.110 e. The minimum Gasteiger partial charge on any atom is -0.345 e. The first-order chi connectivity index (χ1) is 7.43. The fourth-order valence-corrected chi connectivity index (χ4v) is 2.75. The largest absolute Gasteiger partial charge is 0.345 e. The Bertz CT molecular complexity index is 313. The first-order valence-corrected chi connectivity index (χ1v) is 6.22. The van der Waals surface area contributed by atoms with Gasteiger partial charge in [-0.1, -0.05) is 0 Å². The number of aryl methyl sites for hydroxylation is 2. The molecular formula is C12H19N3. The van der Waals surface area contributed by atoms with Crippen molar-refractivity contribution in [2.45, 2.75) is 44.4 Å². The number of nitrogens with zero attached hydrogens (tertiary/aromatic N) is 1. The van der Waals surface area contributed by atoms with E-state index >= 15 is 0 Å². The molecule has 2 heterocycles. The first-order valence-electron chi connectivity index (χ1n) is 6.22. The Morgan fingerprint density at radius 1 is 1.13 bits per heavy atom. The van der Waals surface area contributed by atoms with Crippen LogP contribution in [0, 0.1) is 0 Å². The Kier molecular flexibility index (Phi) is 2.49. The minimum atomic E-state index is 0.629. The van der Waals surface area contributed by atoms with Gasteiger partial charge in [0, 0.05) is 18.2 Å². The van der Waals surface area contributed by atoms with Gasteiger partial charge in [0.15, 0.2) is 0 Å². The smallest absolute Gasteiger partial charge is 0.110 e. The second kappa shape index (κ2) is 3.97. The summed E-state index contributed by atoms with van der Waals surface area (Å²) in [6.45, 7) is 2.28. The van der Waals surface area contributed by atoms with Crippen LogP contribution in [0.1, 0.15) is 48.8 Å². The van der Waals surface area contributed by atoms with Crippen molar-refractivity contribution < 1.29 is 0 Å². The molecular weight excluding hydrogens is 186 g/mol. The average molecular weight is 205 g/mol. The summed E-state index contributed by atoms with van der Waals surface area (Å²) in [5, 5.41) is 3.45. The number of imidazole rings is 1. The second-order valence-electron chi connectivity index (χ2n) is 4.80. The zero-order chi connectivity index (χ0) is 10.1. The third-order valence-electron chi connectivity index (χ3n) is 3.66. The van der Waals surface area contributed by atoms with Crippen molar-refractivity contribution in [1.29, 1.82) is 0 Å². The number of hydrogen-bond donors (Lipinski definition) is 2. The molecule has 1 saturated heterocycles. The van der Waals surface area contributed by atoms with Crippen LogP contribution in [0.3, 0.4) is 0 Å². The van der Waals surface area contributed by atoms with Gasteiger partial charge in [-0.2, -0.15) is 0 Å². The lowest BCUT2D eigenvalue weighted by Crippen LogP contribution is -2.28. The zero-order valence-corrected chi connectivity index (χ0v) is 9.18. The molecule has 0 saturated carbocycles. The van der Waals surface area contributed by atoms with Crippen molar-refractivity contribution in [2.75, 3.05) is 13.1 Å². The van der Waals surface area contributed by atoms with Crippen LogP contribution in [0.2, 0.25) is 0 Å². The molecule has 0 bridgehead atoms. The van der Waals surface area contributed by atoms with Crippen molar-refractivity contribution in [2.24, 2.45) is 0 Å². The maximum atomic E-state index is 4.78. The van der Waals surface area contributed by atoms with Crippen LogP contribution in [0.15, 0.2) is 0 Å². The quantitative estimate of drug-likeness (QED) is 0.733. The van der Waals surface area contributed by atoms with Crippen LogP contribution in [0.4, 0.5) is 0 Å². The van der Waals surface area contributed by atoms with Crippen molar-refractivity contribution in [3.63, 3.8) is 0 Å². The van der Waals surface area contributed by atoms with E-state index in [1.54, 1.807) is 0 Å². The highest BCUT2D eigenvalue weighted by Gasteiger charge is 2.21. The molecule has 82 valence electrons. The van der Waals surface area contributed by atoms with Crippen molar-refractivity contribution in [1.82, 2.24) is 15.3 Å². The normalized spacial score (nSPS) is 26.3. The van der Waals surface area contributed by atoms with Gasteiger partial charge in [-0.15, -0.1) is 0 Å². The molecule has 1 aromatic heterocycles. The van der Waals surface area contributed by atoms with Gasteiger partial charge < -0.3 is 10.3 Å². The van der Waals surface area contributed by atoms with Gasteiger partial charge in [0.1, 0.15) is 5.82 Å². The number of aromatic amines is 1. The van der Waals surface area contributed by atoms with Gasteiger partial charge in [-0.3, -0.25) is 0 Å². The van der Waals surface area contributed by atoms with Gasteiger partial charge in [-0.05, 0) is 45.1 Å². The minimum absolute atomic E-state index is 0.629. The predicted molar refractivity (Wildman–Crippen MR) is 60.1 cm³/mol. The highest BCUT2D eigenvalue weighted by molar-refractivity contribution is 5.19. The van der Waals surface area contributed by atoms with E-state index in [0.717, 1.165) is 6.54 Å². The Hall–Kier alpha value is -0.830. The summed E-state index contributed by atoms with van der Waals surface area (Å²) >= 11 is 0. The molecule has 2 aliphatic rings. The average Bonchev–Trinajstić information content (AvgIpc) is 2.74. The molecule has 1 aromatic rings. The monoisotopic (exact) mass is 205 g/mol. The second-order valence-corrected chi connectivity index (χ2v) is 4.80. The Balaban J connectivity index is 1.82. The highest BCUT2D eigenvalue weighted by Crippen LogP contribution is 2.25. The number of aromatic nitrogens is 2. The molecule has 0 spiro atoms. The number of piperidine rings is 1. The Morgan fingerprint density at radius 2 is 2.07 bits per heavy atom. The van der Waals surface area contributed by atoms with Gasteiger partial charge in [0.25, 0.3) is 0 Å². The summed E-state index contributed by atoms with van der Waals surface area (Å²) in [5.74, 6) is 1.87. The fourth-order valence-electron chi connectivity index (χ4n) is 2.75. The number of fused-ring (bicyclic) bond motifs is 1. The molecule has 0 radical (unpaired) electrons. The van der Waals surface area contributed by atoms with Crippen LogP contribution in [0.5, 0.6) is 0 Å². The summed E-state index contributed by atoms with van der Waals surface area (Å²) in [6.07, 6.45) is 7.63. The molecule has 1 aliphatic carbocycles. The number of rotatable bonds is 1. The standard InChI is InChI=1S/C12H19N3/c1-2-6-11-10(5-1)14-12(15-11)9-4-3-7-13-8-9/h9,13H,1-8H2,(H,14,15)/t9-/m0/s1. The van der Waals surface area contributed by atoms with E-state index in [2.05, 4.69) is 10.3 Å². The topological polar surface area (TPSA) is 40.7 Å². The summed E-state index contributed by atoms with van der Waals surface area (Å²) in [5.41, 5.74) is 2.77. The van der Waals surface area contributed by atoms with Crippen LogP contribution in [0.25, 0.3) is 0 Å². The molecule has 3 nitrogen and oxygen atoms in total. The number of H-pyrrole nitrogens is 1. The highest BCUT2D eigenvalue weighted by atomic mass is 15.0. The third-order valence-corrected chi connectivity index (χ3v) is 3.66. The lowest BCUT2D eigenvalue weighted by molar-refractivity contribution is 0.448. The molecule has 1 fully saturated rings.